The van der Waals surface area contributed by atoms with E-state index in [1.807, 2.05) is 18.2 Å². The van der Waals surface area contributed by atoms with Crippen LogP contribution in [-0.4, -0.2) is 18.5 Å². The van der Waals surface area contributed by atoms with Gasteiger partial charge in [0.15, 0.2) is 0 Å². The zero-order chi connectivity index (χ0) is 13.4. The minimum atomic E-state index is 0.102. The summed E-state index contributed by atoms with van der Waals surface area (Å²) in [6, 6.07) is 8.35. The molecule has 1 aliphatic rings. The van der Waals surface area contributed by atoms with Crippen molar-refractivity contribution in [3.8, 4) is 0 Å². The van der Waals surface area contributed by atoms with Crippen molar-refractivity contribution in [3.05, 3.63) is 35.6 Å². The van der Waals surface area contributed by atoms with Crippen LogP contribution in [0, 0.1) is 6.92 Å². The van der Waals surface area contributed by atoms with Gasteiger partial charge in [-0.3, -0.25) is 4.79 Å². The van der Waals surface area contributed by atoms with E-state index >= 15 is 0 Å². The van der Waals surface area contributed by atoms with Gasteiger partial charge in [-0.1, -0.05) is 18.2 Å². The van der Waals surface area contributed by atoms with Crippen molar-refractivity contribution in [2.75, 3.05) is 6.54 Å². The summed E-state index contributed by atoms with van der Waals surface area (Å²) in [6.07, 6.45) is 0.545. The summed E-state index contributed by atoms with van der Waals surface area (Å²) in [5, 5.41) is 7.44. The van der Waals surface area contributed by atoms with E-state index in [1.165, 1.54) is 5.56 Å². The fourth-order valence-electron chi connectivity index (χ4n) is 2.76. The van der Waals surface area contributed by atoms with Crippen LogP contribution in [0.5, 0.6) is 0 Å². The van der Waals surface area contributed by atoms with Gasteiger partial charge in [0.2, 0.25) is 5.91 Å². The summed E-state index contributed by atoms with van der Waals surface area (Å²) >= 11 is 0. The number of aryl methyl sites for hydroxylation is 1. The van der Waals surface area contributed by atoms with Gasteiger partial charge in [-0.2, -0.15) is 0 Å². The molecule has 0 bridgehead atoms. The second-order valence-electron chi connectivity index (χ2n) is 5.18. The number of para-hydroxylation sites is 1. The second kappa shape index (κ2) is 4.70. The van der Waals surface area contributed by atoms with E-state index in [9.17, 15) is 4.79 Å². The first-order chi connectivity index (χ1) is 9.15. The molecule has 4 heteroatoms. The lowest BCUT2D eigenvalue weighted by Gasteiger charge is -2.16. The van der Waals surface area contributed by atoms with Crippen molar-refractivity contribution >= 4 is 16.9 Å². The normalized spacial score (nSPS) is 20.7. The van der Waals surface area contributed by atoms with Crippen molar-refractivity contribution < 1.29 is 9.21 Å². The Bertz CT molecular complexity index is 618. The van der Waals surface area contributed by atoms with Gasteiger partial charge in [0.25, 0.3) is 0 Å². The van der Waals surface area contributed by atoms with Gasteiger partial charge in [0.05, 0.1) is 6.04 Å². The van der Waals surface area contributed by atoms with E-state index in [1.54, 1.807) is 0 Å². The van der Waals surface area contributed by atoms with Crippen LogP contribution in [-0.2, 0) is 4.79 Å². The minimum Gasteiger partial charge on any atom is -0.459 e. The molecular weight excluding hydrogens is 240 g/mol. The van der Waals surface area contributed by atoms with Crippen LogP contribution in [0.25, 0.3) is 11.0 Å². The Labute approximate surface area is 112 Å². The first-order valence-electron chi connectivity index (χ1n) is 6.66. The van der Waals surface area contributed by atoms with Gasteiger partial charge in [0.1, 0.15) is 11.3 Å². The number of hydrogen-bond acceptors (Lipinski definition) is 3. The number of amides is 1. The lowest BCUT2D eigenvalue weighted by molar-refractivity contribution is -0.119. The lowest BCUT2D eigenvalue weighted by Crippen LogP contribution is -2.33. The molecule has 1 aliphatic heterocycles. The number of fused-ring (bicyclic) bond motifs is 1. The van der Waals surface area contributed by atoms with Crippen molar-refractivity contribution in [1.29, 1.82) is 0 Å². The molecule has 4 nitrogen and oxygen atoms in total. The second-order valence-corrected chi connectivity index (χ2v) is 5.18. The summed E-state index contributed by atoms with van der Waals surface area (Å²) in [5.41, 5.74) is 2.09. The average molecular weight is 258 g/mol. The summed E-state index contributed by atoms with van der Waals surface area (Å²) < 4.78 is 5.93. The maximum Gasteiger partial charge on any atom is 0.221 e. The molecule has 0 radical (unpaired) electrons. The minimum absolute atomic E-state index is 0.102. The molecule has 1 aromatic carbocycles. The van der Waals surface area contributed by atoms with Crippen molar-refractivity contribution in [1.82, 2.24) is 10.6 Å². The Morgan fingerprint density at radius 3 is 2.89 bits per heavy atom. The van der Waals surface area contributed by atoms with Crippen LogP contribution in [0.3, 0.4) is 0 Å². The predicted molar refractivity (Wildman–Crippen MR) is 73.9 cm³/mol. The molecule has 1 amide bonds. The number of carbonyl (C=O) groups excluding carboxylic acids is 1. The molecule has 1 aromatic heterocycles. The Morgan fingerprint density at radius 1 is 1.42 bits per heavy atom. The Hall–Kier alpha value is -1.81. The first kappa shape index (κ1) is 12.2. The van der Waals surface area contributed by atoms with Crippen LogP contribution >= 0.6 is 0 Å². The van der Waals surface area contributed by atoms with Gasteiger partial charge in [-0.05, 0) is 25.5 Å². The smallest absolute Gasteiger partial charge is 0.221 e. The number of hydrogen-bond donors (Lipinski definition) is 2. The lowest BCUT2D eigenvalue weighted by atomic mass is 10.1. The Kier molecular flexibility index (Phi) is 3.03. The highest BCUT2D eigenvalue weighted by Crippen LogP contribution is 2.29. The standard InChI is InChI=1S/C15H18N2O2/c1-9-12-5-3-4-6-13(12)19-15(9)10(2)17-11-7-14(18)16-8-11/h3-6,10-11,17H,7-8H2,1-2H3,(H,16,18). The number of nitrogens with one attached hydrogen (secondary N) is 2. The largest absolute Gasteiger partial charge is 0.459 e. The zero-order valence-electron chi connectivity index (χ0n) is 11.2. The Morgan fingerprint density at radius 2 is 2.21 bits per heavy atom. The third-order valence-corrected chi connectivity index (χ3v) is 3.74. The molecule has 2 unspecified atom stereocenters. The van der Waals surface area contributed by atoms with Crippen LogP contribution in [0.1, 0.15) is 30.7 Å². The van der Waals surface area contributed by atoms with Gasteiger partial charge in [0, 0.05) is 24.4 Å². The number of carbonyl (C=O) groups is 1. The summed E-state index contributed by atoms with van der Waals surface area (Å²) in [5.74, 6) is 1.08. The topological polar surface area (TPSA) is 54.3 Å². The average Bonchev–Trinajstić information content (AvgIpc) is 2.94. The van der Waals surface area contributed by atoms with E-state index in [4.69, 9.17) is 4.42 Å². The highest BCUT2D eigenvalue weighted by molar-refractivity contribution is 5.82. The molecule has 1 fully saturated rings. The van der Waals surface area contributed by atoms with Crippen molar-refractivity contribution in [2.45, 2.75) is 32.4 Å². The van der Waals surface area contributed by atoms with Crippen LogP contribution in [0.15, 0.2) is 28.7 Å². The fourth-order valence-corrected chi connectivity index (χ4v) is 2.76. The van der Waals surface area contributed by atoms with Crippen molar-refractivity contribution in [3.63, 3.8) is 0 Å². The molecule has 1 saturated heterocycles. The quantitative estimate of drug-likeness (QED) is 0.888. The molecule has 3 rings (SSSR count). The van der Waals surface area contributed by atoms with Crippen LogP contribution in [0.4, 0.5) is 0 Å². The number of furan rings is 1. The maximum absolute atomic E-state index is 11.2. The first-order valence-corrected chi connectivity index (χ1v) is 6.66. The van der Waals surface area contributed by atoms with Crippen LogP contribution in [0.2, 0.25) is 0 Å². The Balaban J connectivity index is 1.83. The molecule has 2 N–H and O–H groups in total. The highest BCUT2D eigenvalue weighted by Gasteiger charge is 2.25. The molecule has 19 heavy (non-hydrogen) atoms. The molecule has 2 aromatic rings. The van der Waals surface area contributed by atoms with E-state index in [2.05, 4.69) is 30.5 Å². The number of benzene rings is 1. The molecule has 100 valence electrons. The molecule has 0 aliphatic carbocycles. The highest BCUT2D eigenvalue weighted by atomic mass is 16.3. The van der Waals surface area contributed by atoms with Gasteiger partial charge in [-0.25, -0.2) is 0 Å². The molecule has 0 saturated carbocycles. The van der Waals surface area contributed by atoms with Crippen molar-refractivity contribution in [2.24, 2.45) is 0 Å². The van der Waals surface area contributed by atoms with Gasteiger partial charge in [-0.15, -0.1) is 0 Å². The molecular formula is C15H18N2O2. The predicted octanol–water partition coefficient (Wildman–Crippen LogP) is 2.28. The molecule has 2 heterocycles. The third kappa shape index (κ3) is 2.24. The summed E-state index contributed by atoms with van der Waals surface area (Å²) in [6.45, 7) is 4.85. The number of rotatable bonds is 3. The van der Waals surface area contributed by atoms with Crippen LogP contribution < -0.4 is 10.6 Å². The molecule has 2 atom stereocenters. The van der Waals surface area contributed by atoms with Gasteiger partial charge < -0.3 is 15.1 Å². The van der Waals surface area contributed by atoms with E-state index < -0.39 is 0 Å². The summed E-state index contributed by atoms with van der Waals surface area (Å²) in [7, 11) is 0. The SMILES string of the molecule is Cc1c(C(C)NC2CNC(=O)C2)oc2ccccc12. The van der Waals surface area contributed by atoms with E-state index in [-0.39, 0.29) is 18.0 Å². The summed E-state index contributed by atoms with van der Waals surface area (Å²) in [4.78, 5) is 11.2. The maximum atomic E-state index is 11.2. The van der Waals surface area contributed by atoms with Gasteiger partial charge >= 0.3 is 0 Å². The monoisotopic (exact) mass is 258 g/mol. The van der Waals surface area contributed by atoms with E-state index in [0.29, 0.717) is 13.0 Å². The molecule has 0 spiro atoms. The third-order valence-electron chi connectivity index (χ3n) is 3.74. The zero-order valence-corrected chi connectivity index (χ0v) is 11.2. The van der Waals surface area contributed by atoms with E-state index in [0.717, 1.165) is 16.7 Å². The fraction of sp³-hybridized carbons (Fsp3) is 0.400.